The number of anilines is 1. The second-order valence-electron chi connectivity index (χ2n) is 5.61. The molecule has 2 unspecified atom stereocenters. The number of nitrogens with one attached hydrogen (secondary N) is 1. The standard InChI is InChI=1S/C15H23N3/c1-16-11-13-6-4-9-17-15(13)18-10-8-12-5-2-3-7-14(12)18/h4,6,9,12,14,16H,2-3,5,7-8,10-11H2,1H3. The van der Waals surface area contributed by atoms with Crippen molar-refractivity contribution < 1.29 is 0 Å². The van der Waals surface area contributed by atoms with E-state index < -0.39 is 0 Å². The minimum atomic E-state index is 0.754. The van der Waals surface area contributed by atoms with Gasteiger partial charge < -0.3 is 10.2 Å². The highest BCUT2D eigenvalue weighted by Crippen LogP contribution is 2.38. The molecular weight excluding hydrogens is 222 g/mol. The van der Waals surface area contributed by atoms with Crippen LogP contribution in [0, 0.1) is 5.92 Å². The second kappa shape index (κ2) is 5.27. The molecule has 2 aliphatic rings. The van der Waals surface area contributed by atoms with Gasteiger partial charge in [-0.2, -0.15) is 0 Å². The van der Waals surface area contributed by atoms with Crippen molar-refractivity contribution in [1.82, 2.24) is 10.3 Å². The molecule has 98 valence electrons. The lowest BCUT2D eigenvalue weighted by Gasteiger charge is -2.33. The minimum Gasteiger partial charge on any atom is -0.353 e. The van der Waals surface area contributed by atoms with E-state index in [-0.39, 0.29) is 0 Å². The third-order valence-corrected chi connectivity index (χ3v) is 4.52. The van der Waals surface area contributed by atoms with Crippen LogP contribution in [0.25, 0.3) is 0 Å². The van der Waals surface area contributed by atoms with E-state index in [0.717, 1.165) is 18.5 Å². The molecule has 2 heterocycles. The topological polar surface area (TPSA) is 28.2 Å². The van der Waals surface area contributed by atoms with Crippen LogP contribution in [-0.4, -0.2) is 24.6 Å². The average molecular weight is 245 g/mol. The summed E-state index contributed by atoms with van der Waals surface area (Å²) < 4.78 is 0. The van der Waals surface area contributed by atoms with Gasteiger partial charge in [0.15, 0.2) is 0 Å². The molecule has 2 atom stereocenters. The van der Waals surface area contributed by atoms with Gasteiger partial charge in [-0.3, -0.25) is 0 Å². The fourth-order valence-electron chi connectivity index (χ4n) is 3.69. The van der Waals surface area contributed by atoms with E-state index in [0.29, 0.717) is 0 Å². The van der Waals surface area contributed by atoms with Gasteiger partial charge in [-0.25, -0.2) is 4.98 Å². The van der Waals surface area contributed by atoms with Crippen LogP contribution in [0.3, 0.4) is 0 Å². The summed E-state index contributed by atoms with van der Waals surface area (Å²) in [5.41, 5.74) is 1.34. The molecule has 0 amide bonds. The normalized spacial score (nSPS) is 27.3. The van der Waals surface area contributed by atoms with E-state index in [1.807, 2.05) is 19.3 Å². The zero-order chi connectivity index (χ0) is 12.4. The van der Waals surface area contributed by atoms with Crippen molar-refractivity contribution in [2.75, 3.05) is 18.5 Å². The zero-order valence-corrected chi connectivity index (χ0v) is 11.2. The molecule has 0 aromatic carbocycles. The maximum atomic E-state index is 4.66. The van der Waals surface area contributed by atoms with Crippen molar-refractivity contribution in [3.05, 3.63) is 23.9 Å². The van der Waals surface area contributed by atoms with Gasteiger partial charge in [-0.15, -0.1) is 0 Å². The molecule has 3 nitrogen and oxygen atoms in total. The Morgan fingerprint density at radius 3 is 3.11 bits per heavy atom. The van der Waals surface area contributed by atoms with E-state index in [4.69, 9.17) is 0 Å². The molecule has 1 aromatic heterocycles. The molecule has 18 heavy (non-hydrogen) atoms. The fraction of sp³-hybridized carbons (Fsp3) is 0.667. The van der Waals surface area contributed by atoms with Crippen molar-refractivity contribution in [1.29, 1.82) is 0 Å². The second-order valence-corrected chi connectivity index (χ2v) is 5.61. The highest BCUT2D eigenvalue weighted by molar-refractivity contribution is 5.49. The first kappa shape index (κ1) is 12.0. The Balaban J connectivity index is 1.86. The summed E-state index contributed by atoms with van der Waals surface area (Å²) in [6.45, 7) is 2.11. The number of rotatable bonds is 3. The molecule has 0 spiro atoms. The van der Waals surface area contributed by atoms with Crippen LogP contribution >= 0.6 is 0 Å². The summed E-state index contributed by atoms with van der Waals surface area (Å²) >= 11 is 0. The van der Waals surface area contributed by atoms with Crippen LogP contribution in [0.1, 0.15) is 37.7 Å². The van der Waals surface area contributed by atoms with Gasteiger partial charge in [0.2, 0.25) is 0 Å². The number of pyridine rings is 1. The van der Waals surface area contributed by atoms with Gasteiger partial charge in [0.1, 0.15) is 5.82 Å². The first-order valence-electron chi connectivity index (χ1n) is 7.25. The molecule has 1 aliphatic heterocycles. The Kier molecular flexibility index (Phi) is 3.50. The van der Waals surface area contributed by atoms with E-state index in [1.165, 1.54) is 50.0 Å². The number of aromatic nitrogens is 1. The summed E-state index contributed by atoms with van der Waals surface area (Å²) in [5.74, 6) is 2.14. The lowest BCUT2D eigenvalue weighted by molar-refractivity contribution is 0.341. The Morgan fingerprint density at radius 2 is 2.22 bits per heavy atom. The van der Waals surface area contributed by atoms with E-state index in [2.05, 4.69) is 21.3 Å². The van der Waals surface area contributed by atoms with Gasteiger partial charge in [0.05, 0.1) is 0 Å². The molecule has 0 radical (unpaired) electrons. The van der Waals surface area contributed by atoms with Crippen molar-refractivity contribution in [2.45, 2.75) is 44.7 Å². The van der Waals surface area contributed by atoms with Crippen molar-refractivity contribution in [3.8, 4) is 0 Å². The van der Waals surface area contributed by atoms with Gasteiger partial charge in [-0.1, -0.05) is 18.9 Å². The van der Waals surface area contributed by atoms with Crippen LogP contribution in [0.5, 0.6) is 0 Å². The van der Waals surface area contributed by atoms with Crippen molar-refractivity contribution >= 4 is 5.82 Å². The van der Waals surface area contributed by atoms with Crippen molar-refractivity contribution in [2.24, 2.45) is 5.92 Å². The highest BCUT2D eigenvalue weighted by Gasteiger charge is 2.36. The van der Waals surface area contributed by atoms with Gasteiger partial charge in [-0.05, 0) is 38.3 Å². The molecule has 3 rings (SSSR count). The summed E-state index contributed by atoms with van der Waals surface area (Å²) in [4.78, 5) is 7.24. The number of nitrogens with zero attached hydrogens (tertiary/aromatic N) is 2. The van der Waals surface area contributed by atoms with E-state index in [1.54, 1.807) is 0 Å². The summed E-state index contributed by atoms with van der Waals surface area (Å²) in [7, 11) is 2.00. The molecule has 1 saturated carbocycles. The van der Waals surface area contributed by atoms with Gasteiger partial charge in [0, 0.05) is 30.9 Å². The number of hydrogen-bond acceptors (Lipinski definition) is 3. The molecule has 1 N–H and O–H groups in total. The Morgan fingerprint density at radius 1 is 1.33 bits per heavy atom. The lowest BCUT2D eigenvalue weighted by atomic mass is 9.85. The largest absolute Gasteiger partial charge is 0.353 e. The van der Waals surface area contributed by atoms with Gasteiger partial charge in [0.25, 0.3) is 0 Å². The smallest absolute Gasteiger partial charge is 0.133 e. The van der Waals surface area contributed by atoms with Crippen molar-refractivity contribution in [3.63, 3.8) is 0 Å². The van der Waals surface area contributed by atoms with Crippen LogP contribution in [0.15, 0.2) is 18.3 Å². The van der Waals surface area contributed by atoms with Crippen LogP contribution in [0.2, 0.25) is 0 Å². The summed E-state index contributed by atoms with van der Waals surface area (Å²) in [6.07, 6.45) is 8.91. The third kappa shape index (κ3) is 2.12. The SMILES string of the molecule is CNCc1cccnc1N1CCC2CCCCC21. The highest BCUT2D eigenvalue weighted by atomic mass is 15.2. The van der Waals surface area contributed by atoms with Crippen LogP contribution in [0.4, 0.5) is 5.82 Å². The Hall–Kier alpha value is -1.09. The van der Waals surface area contributed by atoms with E-state index in [9.17, 15) is 0 Å². The number of fused-ring (bicyclic) bond motifs is 1. The molecular formula is C15H23N3. The van der Waals surface area contributed by atoms with E-state index >= 15 is 0 Å². The maximum Gasteiger partial charge on any atom is 0.133 e. The third-order valence-electron chi connectivity index (χ3n) is 4.52. The molecule has 2 fully saturated rings. The Bertz CT molecular complexity index is 404. The maximum absolute atomic E-state index is 4.66. The fourth-order valence-corrected chi connectivity index (χ4v) is 3.69. The predicted molar refractivity (Wildman–Crippen MR) is 74.7 cm³/mol. The zero-order valence-electron chi connectivity index (χ0n) is 11.2. The first-order valence-corrected chi connectivity index (χ1v) is 7.25. The Labute approximate surface area is 110 Å². The lowest BCUT2D eigenvalue weighted by Crippen LogP contribution is -2.36. The average Bonchev–Trinajstić information content (AvgIpc) is 2.84. The quantitative estimate of drug-likeness (QED) is 0.887. The minimum absolute atomic E-state index is 0.754. The predicted octanol–water partition coefficient (Wildman–Crippen LogP) is 2.57. The summed E-state index contributed by atoms with van der Waals surface area (Å²) in [6, 6.07) is 5.00. The molecule has 0 bridgehead atoms. The summed E-state index contributed by atoms with van der Waals surface area (Å²) in [5, 5.41) is 3.25. The van der Waals surface area contributed by atoms with Gasteiger partial charge >= 0.3 is 0 Å². The molecule has 1 aliphatic carbocycles. The number of hydrogen-bond donors (Lipinski definition) is 1. The monoisotopic (exact) mass is 245 g/mol. The first-order chi connectivity index (χ1) is 8.90. The van der Waals surface area contributed by atoms with Crippen LogP contribution in [-0.2, 0) is 6.54 Å². The molecule has 1 saturated heterocycles. The molecule has 1 aromatic rings. The molecule has 3 heteroatoms. The van der Waals surface area contributed by atoms with Crippen LogP contribution < -0.4 is 10.2 Å².